The van der Waals surface area contributed by atoms with E-state index in [9.17, 15) is 4.79 Å². The van der Waals surface area contributed by atoms with Gasteiger partial charge in [-0.25, -0.2) is 9.97 Å². The summed E-state index contributed by atoms with van der Waals surface area (Å²) in [7, 11) is 0. The first-order chi connectivity index (χ1) is 19.4. The molecule has 0 saturated carbocycles. The Hall–Kier alpha value is -3.53. The second-order valence-corrected chi connectivity index (χ2v) is 11.1. The third-order valence-electron chi connectivity index (χ3n) is 6.98. The molecule has 40 heavy (non-hydrogen) atoms. The summed E-state index contributed by atoms with van der Waals surface area (Å²) in [4.78, 5) is 32.6. The summed E-state index contributed by atoms with van der Waals surface area (Å²) < 4.78 is 5.91. The highest BCUT2D eigenvalue weighted by molar-refractivity contribution is 7.19. The number of hydrogen-bond acceptors (Lipinski definition) is 8. The molecule has 8 nitrogen and oxygen atoms in total. The minimum Gasteiger partial charge on any atom is -0.486 e. The Morgan fingerprint density at radius 3 is 2.85 bits per heavy atom. The highest BCUT2D eigenvalue weighted by Crippen LogP contribution is 2.38. The number of likely N-dealkylation sites (N-methyl/N-ethyl adjacent to an activating group) is 1. The number of anilines is 2. The van der Waals surface area contributed by atoms with Gasteiger partial charge in [0, 0.05) is 35.4 Å². The molecule has 4 aromatic rings. The summed E-state index contributed by atoms with van der Waals surface area (Å²) in [6.45, 7) is 10.5. The van der Waals surface area contributed by atoms with Crippen molar-refractivity contribution in [2.24, 2.45) is 0 Å². The van der Waals surface area contributed by atoms with E-state index in [1.54, 1.807) is 23.7 Å². The quantitative estimate of drug-likeness (QED) is 0.227. The van der Waals surface area contributed by atoms with E-state index in [1.807, 2.05) is 54.3 Å². The molecule has 1 amide bonds. The Labute approximate surface area is 243 Å². The molecule has 1 N–H and O–H groups in total. The van der Waals surface area contributed by atoms with Crippen LogP contribution in [-0.4, -0.2) is 56.8 Å². The zero-order valence-corrected chi connectivity index (χ0v) is 24.6. The van der Waals surface area contributed by atoms with Gasteiger partial charge in [0.15, 0.2) is 0 Å². The average molecular weight is 577 g/mol. The first-order valence-corrected chi connectivity index (χ1v) is 14.7. The third kappa shape index (κ3) is 6.43. The number of nitrogens with zero attached hydrogens (tertiary/aromatic N) is 5. The van der Waals surface area contributed by atoms with Crippen molar-refractivity contribution >= 4 is 50.6 Å². The predicted molar refractivity (Wildman–Crippen MR) is 162 cm³/mol. The molecule has 0 spiro atoms. The lowest BCUT2D eigenvalue weighted by Crippen LogP contribution is -2.34. The van der Waals surface area contributed by atoms with E-state index in [2.05, 4.69) is 39.0 Å². The van der Waals surface area contributed by atoms with E-state index < -0.39 is 0 Å². The number of thiophene rings is 1. The molecule has 208 valence electrons. The Morgan fingerprint density at radius 2 is 2.08 bits per heavy atom. The Bertz CT molecular complexity index is 1530. The zero-order valence-electron chi connectivity index (χ0n) is 23.0. The number of fused-ring (bicyclic) bond motifs is 3. The molecular formula is C30H33ClN6O2S. The predicted octanol–water partition coefficient (Wildman–Crippen LogP) is 6.15. The molecular weight excluding hydrogens is 544 g/mol. The molecule has 0 fully saturated rings. The van der Waals surface area contributed by atoms with Crippen LogP contribution in [0.5, 0.6) is 5.75 Å². The van der Waals surface area contributed by atoms with Crippen molar-refractivity contribution in [2.75, 3.05) is 31.5 Å². The highest BCUT2D eigenvalue weighted by atomic mass is 35.5. The van der Waals surface area contributed by atoms with Crippen molar-refractivity contribution in [1.29, 1.82) is 0 Å². The Balaban J connectivity index is 1.28. The van der Waals surface area contributed by atoms with Gasteiger partial charge in [-0.05, 0) is 62.3 Å². The molecule has 0 atom stereocenters. The van der Waals surface area contributed by atoms with Crippen molar-refractivity contribution in [2.45, 2.75) is 40.3 Å². The van der Waals surface area contributed by atoms with Crippen LogP contribution in [0.15, 0.2) is 54.9 Å². The number of rotatable bonds is 10. The number of aromatic nitrogens is 3. The fourth-order valence-electron chi connectivity index (χ4n) is 4.76. The number of nitrogens with one attached hydrogen (secondary N) is 1. The first-order valence-electron chi connectivity index (χ1n) is 13.5. The van der Waals surface area contributed by atoms with E-state index >= 15 is 0 Å². The number of pyridine rings is 1. The van der Waals surface area contributed by atoms with Gasteiger partial charge in [0.2, 0.25) is 5.91 Å². The Morgan fingerprint density at radius 1 is 1.23 bits per heavy atom. The van der Waals surface area contributed by atoms with Crippen LogP contribution in [-0.2, 0) is 24.4 Å². The molecule has 0 radical (unpaired) electrons. The maximum atomic E-state index is 12.8. The van der Waals surface area contributed by atoms with Gasteiger partial charge < -0.3 is 19.9 Å². The molecule has 1 aliphatic heterocycles. The molecule has 3 aromatic heterocycles. The van der Waals surface area contributed by atoms with Gasteiger partial charge in [-0.3, -0.25) is 9.78 Å². The number of halogens is 1. The summed E-state index contributed by atoms with van der Waals surface area (Å²) in [5.41, 5.74) is 3.80. The molecule has 10 heteroatoms. The number of benzene rings is 1. The van der Waals surface area contributed by atoms with E-state index in [1.165, 1.54) is 5.56 Å². The summed E-state index contributed by atoms with van der Waals surface area (Å²) in [5, 5.41) is 4.93. The standard InChI is InChI=1S/C30H33ClN6O2S/c1-4-36(5-2)14-7-10-27(38)37-15-13-23-26(17-37)40-30-28(23)29(32-19-33-30)35-21-11-12-25(24(31)16-21)39-18-22-9-6-8-20(3)34-22/h6-12,16,19H,4-5,13-15,17-18H2,1-3H3,(H,32,33,35)/b10-7+. The topological polar surface area (TPSA) is 83.5 Å². The van der Waals surface area contributed by atoms with Gasteiger partial charge in [-0.15, -0.1) is 11.3 Å². The number of amides is 1. The van der Waals surface area contributed by atoms with Gasteiger partial charge in [0.1, 0.15) is 29.3 Å². The van der Waals surface area contributed by atoms with Crippen LogP contribution in [0.3, 0.4) is 0 Å². The summed E-state index contributed by atoms with van der Waals surface area (Å²) >= 11 is 8.18. The summed E-state index contributed by atoms with van der Waals surface area (Å²) in [6, 6.07) is 11.4. The molecule has 1 aliphatic rings. The van der Waals surface area contributed by atoms with Crippen LogP contribution in [0.2, 0.25) is 5.02 Å². The van der Waals surface area contributed by atoms with Gasteiger partial charge >= 0.3 is 0 Å². The van der Waals surface area contributed by atoms with Crippen LogP contribution in [0.4, 0.5) is 11.5 Å². The monoisotopic (exact) mass is 576 g/mol. The van der Waals surface area contributed by atoms with Crippen LogP contribution in [0.1, 0.15) is 35.7 Å². The molecule has 4 heterocycles. The van der Waals surface area contributed by atoms with Gasteiger partial charge in [0.25, 0.3) is 0 Å². The zero-order chi connectivity index (χ0) is 28.1. The lowest BCUT2D eigenvalue weighted by Gasteiger charge is -2.26. The number of carbonyl (C=O) groups excluding carboxylic acids is 1. The summed E-state index contributed by atoms with van der Waals surface area (Å²) in [5.74, 6) is 1.37. The Kier molecular flexibility index (Phi) is 8.94. The maximum absolute atomic E-state index is 12.8. The number of hydrogen-bond donors (Lipinski definition) is 1. The largest absolute Gasteiger partial charge is 0.486 e. The van der Waals surface area contributed by atoms with E-state index in [-0.39, 0.29) is 5.91 Å². The number of aryl methyl sites for hydroxylation is 1. The normalized spacial score (nSPS) is 13.3. The fourth-order valence-corrected chi connectivity index (χ4v) is 6.20. The lowest BCUT2D eigenvalue weighted by atomic mass is 10.0. The molecule has 0 bridgehead atoms. The highest BCUT2D eigenvalue weighted by Gasteiger charge is 2.25. The van der Waals surface area contributed by atoms with Crippen LogP contribution in [0.25, 0.3) is 10.2 Å². The van der Waals surface area contributed by atoms with E-state index in [4.69, 9.17) is 16.3 Å². The average Bonchev–Trinajstić information content (AvgIpc) is 3.34. The lowest BCUT2D eigenvalue weighted by molar-refractivity contribution is -0.126. The minimum absolute atomic E-state index is 0.0508. The van der Waals surface area contributed by atoms with Crippen molar-refractivity contribution in [1.82, 2.24) is 24.8 Å². The van der Waals surface area contributed by atoms with E-state index in [0.29, 0.717) is 30.5 Å². The van der Waals surface area contributed by atoms with Crippen LogP contribution < -0.4 is 10.1 Å². The second kappa shape index (κ2) is 12.8. The fraction of sp³-hybridized carbons (Fsp3) is 0.333. The molecule has 0 unspecified atom stereocenters. The molecule has 5 rings (SSSR count). The number of ether oxygens (including phenoxy) is 1. The van der Waals surface area contributed by atoms with Crippen molar-refractivity contribution in [3.63, 3.8) is 0 Å². The van der Waals surface area contributed by atoms with Gasteiger partial charge in [-0.2, -0.15) is 0 Å². The van der Waals surface area contributed by atoms with Gasteiger partial charge in [0.05, 0.1) is 22.6 Å². The minimum atomic E-state index is 0.0508. The molecule has 1 aromatic carbocycles. The third-order valence-corrected chi connectivity index (χ3v) is 8.40. The molecule has 0 saturated heterocycles. The van der Waals surface area contributed by atoms with E-state index in [0.717, 1.165) is 64.0 Å². The summed E-state index contributed by atoms with van der Waals surface area (Å²) in [6.07, 6.45) is 6.00. The smallest absolute Gasteiger partial charge is 0.246 e. The van der Waals surface area contributed by atoms with Crippen molar-refractivity contribution in [3.05, 3.63) is 81.7 Å². The van der Waals surface area contributed by atoms with Crippen molar-refractivity contribution < 1.29 is 9.53 Å². The maximum Gasteiger partial charge on any atom is 0.246 e. The van der Waals surface area contributed by atoms with Crippen LogP contribution >= 0.6 is 22.9 Å². The van der Waals surface area contributed by atoms with Crippen molar-refractivity contribution in [3.8, 4) is 5.75 Å². The SMILES string of the molecule is CCN(CC)C/C=C/C(=O)N1CCc2c(sc3ncnc(Nc4ccc(OCc5cccc(C)n5)c(Cl)c4)c23)C1. The first kappa shape index (κ1) is 28.0. The second-order valence-electron chi connectivity index (χ2n) is 9.63. The van der Waals surface area contributed by atoms with Crippen LogP contribution in [0, 0.1) is 6.92 Å². The van der Waals surface area contributed by atoms with Gasteiger partial charge in [-0.1, -0.05) is 37.6 Å². The number of carbonyl (C=O) groups is 1. The molecule has 0 aliphatic carbocycles.